The van der Waals surface area contributed by atoms with Crippen LogP contribution in [0.4, 0.5) is 0 Å². The molecule has 0 saturated heterocycles. The van der Waals surface area contributed by atoms with Gasteiger partial charge in [-0.1, -0.05) is 0 Å². The Hall–Kier alpha value is -0.365. The maximum atomic E-state index is 5.20. The summed E-state index contributed by atoms with van der Waals surface area (Å²) in [5.41, 5.74) is 1.21. The van der Waals surface area contributed by atoms with Crippen molar-refractivity contribution in [3.05, 3.63) is 11.6 Å². The Morgan fingerprint density at radius 2 is 2.71 bits per heavy atom. The number of hydrogen-bond acceptors (Lipinski definition) is 1. The third-order valence-electron chi connectivity index (χ3n) is 1.05. The Labute approximate surface area is 44.5 Å². The van der Waals surface area contributed by atoms with Gasteiger partial charge in [0.2, 0.25) is 0 Å². The van der Waals surface area contributed by atoms with Crippen LogP contribution < -0.4 is 5.32 Å². The van der Waals surface area contributed by atoms with Gasteiger partial charge in [-0.15, -0.1) is 0 Å². The van der Waals surface area contributed by atoms with Gasteiger partial charge in [0, 0.05) is 0 Å². The molecule has 0 amide bonds. The molecule has 0 unspecified atom stereocenters. The molecule has 0 atom stereocenters. The normalized spacial score (nSPS) is 19.0. The average Bonchev–Trinajstić information content (AvgIpc) is 2.14. The van der Waals surface area contributed by atoms with Gasteiger partial charge in [0.1, 0.15) is 0 Å². The molecule has 1 radical (unpaired) electrons. The summed E-state index contributed by atoms with van der Waals surface area (Å²) in [6.45, 7) is 1.92. The molecule has 0 bridgehead atoms. The van der Waals surface area contributed by atoms with E-state index in [1.54, 1.807) is 5.97 Å². The molecule has 0 aromatic heterocycles. The fraction of sp³-hybridized carbons (Fsp3) is 0.400. The van der Waals surface area contributed by atoms with Crippen molar-refractivity contribution in [1.82, 2.24) is 5.32 Å². The molecule has 2 heteroatoms. The molecule has 35 valence electrons. The summed E-state index contributed by atoms with van der Waals surface area (Å²) in [6.07, 6.45) is 2.08. The molecule has 0 saturated carbocycles. The first-order chi connectivity index (χ1) is 3.43. The second-order valence-electron chi connectivity index (χ2n) is 1.58. The molecule has 0 aromatic carbocycles. The number of hydrogen-bond donors (Lipinski definition) is 1. The Bertz CT molecular complexity index is 107. The molecule has 1 aliphatic heterocycles. The molecular formula is C5H7BN. The van der Waals surface area contributed by atoms with Crippen molar-refractivity contribution in [3.8, 4) is 0 Å². The van der Waals surface area contributed by atoms with Crippen LogP contribution in [0.2, 0.25) is 0 Å². The Morgan fingerprint density at radius 1 is 1.86 bits per heavy atom. The van der Waals surface area contributed by atoms with Crippen molar-refractivity contribution >= 4 is 13.5 Å². The van der Waals surface area contributed by atoms with Crippen LogP contribution in [0.3, 0.4) is 0 Å². The second-order valence-corrected chi connectivity index (χ2v) is 1.58. The van der Waals surface area contributed by atoms with Gasteiger partial charge in [0.25, 0.3) is 0 Å². The fourth-order valence-corrected chi connectivity index (χ4v) is 0.619. The molecule has 1 rings (SSSR count). The standard InChI is InChI=1S/C5H7BN/c6-3-5-1-2-7-4-5/h1,3,7H,2,4H2. The number of nitrogens with one attached hydrogen (secondary N) is 1. The molecule has 0 aliphatic carbocycles. The van der Waals surface area contributed by atoms with Crippen LogP contribution in [0.5, 0.6) is 0 Å². The predicted octanol–water partition coefficient (Wildman–Crippen LogP) is -0.513. The second kappa shape index (κ2) is 2.08. The summed E-state index contributed by atoms with van der Waals surface area (Å²) in [7, 11) is 5.20. The van der Waals surface area contributed by atoms with Crippen molar-refractivity contribution in [2.75, 3.05) is 13.1 Å². The van der Waals surface area contributed by atoms with E-state index in [0.717, 1.165) is 13.1 Å². The Kier molecular flexibility index (Phi) is 1.42. The molecule has 1 N–H and O–H groups in total. The first kappa shape index (κ1) is 4.79. The van der Waals surface area contributed by atoms with E-state index in [4.69, 9.17) is 7.49 Å². The van der Waals surface area contributed by atoms with E-state index < -0.39 is 0 Å². The Balaban J connectivity index is 2.51. The first-order valence-electron chi connectivity index (χ1n) is 2.38. The maximum absolute atomic E-state index is 5.20. The molecule has 0 fully saturated rings. The van der Waals surface area contributed by atoms with E-state index in [0.29, 0.717) is 0 Å². The fourth-order valence-electron chi connectivity index (χ4n) is 0.619. The first-order valence-corrected chi connectivity index (χ1v) is 2.38. The zero-order valence-electron chi connectivity index (χ0n) is 4.15. The molecule has 0 spiro atoms. The van der Waals surface area contributed by atoms with E-state index in [9.17, 15) is 0 Å². The summed E-state index contributed by atoms with van der Waals surface area (Å²) in [4.78, 5) is 0. The van der Waals surface area contributed by atoms with Crippen molar-refractivity contribution in [3.63, 3.8) is 0 Å². The van der Waals surface area contributed by atoms with Crippen LogP contribution in [-0.4, -0.2) is 26.5 Å². The zero-order valence-corrected chi connectivity index (χ0v) is 4.15. The van der Waals surface area contributed by atoms with Crippen LogP contribution in [-0.2, 0) is 0 Å². The van der Waals surface area contributed by atoms with Crippen molar-refractivity contribution in [2.45, 2.75) is 0 Å². The van der Waals surface area contributed by atoms with Crippen LogP contribution in [0.25, 0.3) is 0 Å². The van der Waals surface area contributed by atoms with Gasteiger partial charge < -0.3 is 0 Å². The van der Waals surface area contributed by atoms with Gasteiger partial charge in [-0.25, -0.2) is 0 Å². The summed E-state index contributed by atoms with van der Waals surface area (Å²) >= 11 is 0. The molecule has 1 aliphatic rings. The number of rotatable bonds is 1. The zero-order chi connectivity index (χ0) is 5.11. The predicted molar refractivity (Wildman–Crippen MR) is 32.8 cm³/mol. The molecule has 1 nitrogen and oxygen atoms in total. The van der Waals surface area contributed by atoms with E-state index >= 15 is 0 Å². The van der Waals surface area contributed by atoms with Crippen LogP contribution >= 0.6 is 0 Å². The average molecular weight is 91.9 g/mol. The summed E-state index contributed by atoms with van der Waals surface area (Å²) in [6, 6.07) is 0. The third kappa shape index (κ3) is 0.999. The molecular weight excluding hydrogens is 84.9 g/mol. The molecule has 7 heavy (non-hydrogen) atoms. The van der Waals surface area contributed by atoms with Gasteiger partial charge in [-0.2, -0.15) is 0 Å². The van der Waals surface area contributed by atoms with Crippen molar-refractivity contribution < 1.29 is 0 Å². The Morgan fingerprint density at radius 3 is 3.00 bits per heavy atom. The van der Waals surface area contributed by atoms with E-state index in [-0.39, 0.29) is 0 Å². The van der Waals surface area contributed by atoms with E-state index in [2.05, 4.69) is 11.4 Å². The summed E-state index contributed by atoms with van der Waals surface area (Å²) in [5.74, 6) is 1.64. The third-order valence-corrected chi connectivity index (χ3v) is 1.05. The van der Waals surface area contributed by atoms with Crippen molar-refractivity contribution in [2.24, 2.45) is 0 Å². The van der Waals surface area contributed by atoms with Gasteiger partial charge in [-0.3, -0.25) is 0 Å². The monoisotopic (exact) mass is 92.1 g/mol. The molecule has 0 aromatic rings. The van der Waals surface area contributed by atoms with Gasteiger partial charge in [-0.05, 0) is 0 Å². The summed E-state index contributed by atoms with van der Waals surface area (Å²) < 4.78 is 0. The van der Waals surface area contributed by atoms with Crippen LogP contribution in [0, 0.1) is 0 Å². The van der Waals surface area contributed by atoms with Crippen molar-refractivity contribution in [1.29, 1.82) is 0 Å². The van der Waals surface area contributed by atoms with E-state index in [1.807, 2.05) is 0 Å². The minimum absolute atomic E-state index is 0.941. The molecule has 1 heterocycles. The SMILES string of the molecule is [B]=CC1=CCNC1. The van der Waals surface area contributed by atoms with Gasteiger partial charge in [0.15, 0.2) is 0 Å². The topological polar surface area (TPSA) is 12.0 Å². The van der Waals surface area contributed by atoms with E-state index in [1.165, 1.54) is 5.57 Å². The van der Waals surface area contributed by atoms with Gasteiger partial charge >= 0.3 is 43.5 Å². The quantitative estimate of drug-likeness (QED) is 0.429. The summed E-state index contributed by atoms with van der Waals surface area (Å²) in [5, 5.41) is 3.12. The van der Waals surface area contributed by atoms with Crippen LogP contribution in [0.1, 0.15) is 0 Å². The minimum atomic E-state index is 0.941. The van der Waals surface area contributed by atoms with Crippen LogP contribution in [0.15, 0.2) is 11.6 Å². The van der Waals surface area contributed by atoms with Gasteiger partial charge in [0.05, 0.1) is 0 Å².